The summed E-state index contributed by atoms with van der Waals surface area (Å²) in [4.78, 5) is 7.29. The van der Waals surface area contributed by atoms with E-state index in [0.717, 1.165) is 30.9 Å². The van der Waals surface area contributed by atoms with E-state index in [0.29, 0.717) is 6.04 Å². The van der Waals surface area contributed by atoms with Crippen molar-refractivity contribution in [2.24, 2.45) is 0 Å². The van der Waals surface area contributed by atoms with Gasteiger partial charge in [0.25, 0.3) is 0 Å². The molecular weight excluding hydrogens is 344 g/mol. The van der Waals surface area contributed by atoms with Gasteiger partial charge < -0.3 is 15.5 Å². The average Bonchev–Trinajstić information content (AvgIpc) is 2.75. The number of aromatic nitrogens is 1. The van der Waals surface area contributed by atoms with Crippen molar-refractivity contribution in [3.8, 4) is 0 Å². The third kappa shape index (κ3) is 2.89. The van der Waals surface area contributed by atoms with Gasteiger partial charge in [0.2, 0.25) is 0 Å². The van der Waals surface area contributed by atoms with E-state index in [9.17, 15) is 0 Å². The van der Waals surface area contributed by atoms with E-state index in [1.54, 1.807) is 0 Å². The van der Waals surface area contributed by atoms with Gasteiger partial charge in [0.05, 0.1) is 17.8 Å². The summed E-state index contributed by atoms with van der Waals surface area (Å²) in [6, 6.07) is 24.6. The van der Waals surface area contributed by atoms with Crippen LogP contribution < -0.4 is 15.5 Å². The summed E-state index contributed by atoms with van der Waals surface area (Å²) in [6.07, 6.45) is 4.21. The minimum absolute atomic E-state index is 0.174. The number of anilines is 3. The smallest absolute Gasteiger partial charge is 0.151 e. The van der Waals surface area contributed by atoms with E-state index in [1.165, 1.54) is 16.8 Å². The molecule has 2 aromatic carbocycles. The molecule has 0 spiro atoms. The van der Waals surface area contributed by atoms with Crippen molar-refractivity contribution in [1.82, 2.24) is 4.98 Å². The molecule has 0 fully saturated rings. The topological polar surface area (TPSA) is 40.2 Å². The number of nitrogens with one attached hydrogen (secondary N) is 2. The molecule has 0 aliphatic carbocycles. The quantitative estimate of drug-likeness (QED) is 0.634. The summed E-state index contributed by atoms with van der Waals surface area (Å²) in [7, 11) is 0. The monoisotopic (exact) mass is 370 g/mol. The molecule has 2 aliphatic heterocycles. The molecule has 3 atom stereocenters. The summed E-state index contributed by atoms with van der Waals surface area (Å²) in [5, 5.41) is 7.41. The molecule has 0 saturated heterocycles. The summed E-state index contributed by atoms with van der Waals surface area (Å²) in [5.41, 5.74) is 5.00. The molecule has 3 aromatic rings. The van der Waals surface area contributed by atoms with Crippen molar-refractivity contribution in [1.29, 1.82) is 0 Å². The largest absolute Gasteiger partial charge is 0.374 e. The Morgan fingerprint density at radius 2 is 1.64 bits per heavy atom. The van der Waals surface area contributed by atoms with Gasteiger partial charge in [0, 0.05) is 18.8 Å². The fourth-order valence-corrected chi connectivity index (χ4v) is 4.67. The van der Waals surface area contributed by atoms with Crippen molar-refractivity contribution in [3.63, 3.8) is 0 Å². The lowest BCUT2D eigenvalue weighted by molar-refractivity contribution is 0.453. The fraction of sp³-hybridized carbons (Fsp3) is 0.292. The van der Waals surface area contributed by atoms with E-state index < -0.39 is 0 Å². The Hall–Kier alpha value is -3.01. The van der Waals surface area contributed by atoms with Gasteiger partial charge in [-0.25, -0.2) is 4.98 Å². The van der Waals surface area contributed by atoms with E-state index in [-0.39, 0.29) is 12.1 Å². The first-order chi connectivity index (χ1) is 13.8. The van der Waals surface area contributed by atoms with Crippen LogP contribution in [0.3, 0.4) is 0 Å². The van der Waals surface area contributed by atoms with Crippen LogP contribution >= 0.6 is 0 Å². The number of rotatable bonds is 2. The van der Waals surface area contributed by atoms with Crippen LogP contribution in [0.15, 0.2) is 72.9 Å². The molecule has 2 aliphatic rings. The number of pyridine rings is 1. The van der Waals surface area contributed by atoms with Gasteiger partial charge in [-0.15, -0.1) is 0 Å². The molecule has 0 saturated carbocycles. The minimum Gasteiger partial charge on any atom is -0.374 e. The SMILES string of the molecule is C[C@H]1CCCNc2nccc3c2N1[C@H](c1ccccc1)[C@H](c1ccccc1)N3. The first-order valence-electron chi connectivity index (χ1n) is 10.2. The molecule has 0 bridgehead atoms. The van der Waals surface area contributed by atoms with Crippen LogP contribution in [0, 0.1) is 0 Å². The maximum atomic E-state index is 4.68. The Morgan fingerprint density at radius 3 is 2.39 bits per heavy atom. The zero-order chi connectivity index (χ0) is 18.9. The molecule has 2 N–H and O–H groups in total. The molecule has 5 rings (SSSR count). The normalized spacial score (nSPS) is 23.6. The predicted molar refractivity (Wildman–Crippen MR) is 116 cm³/mol. The molecule has 1 aromatic heterocycles. The standard InChI is InChI=1S/C24H26N4/c1-17-9-8-15-25-24-23-20(14-16-26-24)27-21(18-10-4-2-5-11-18)22(28(17)23)19-12-6-3-7-13-19/h2-7,10-14,16-17,21-22,27H,8-9,15H2,1H3,(H,25,26)/t17-,21-,22+/m0/s1. The van der Waals surface area contributed by atoms with Crippen molar-refractivity contribution in [3.05, 3.63) is 84.1 Å². The Balaban J connectivity index is 1.73. The van der Waals surface area contributed by atoms with Gasteiger partial charge in [-0.2, -0.15) is 0 Å². The maximum Gasteiger partial charge on any atom is 0.151 e. The van der Waals surface area contributed by atoms with Crippen LogP contribution in [0.25, 0.3) is 0 Å². The Morgan fingerprint density at radius 1 is 0.929 bits per heavy atom. The third-order valence-corrected chi connectivity index (χ3v) is 5.97. The molecule has 28 heavy (non-hydrogen) atoms. The van der Waals surface area contributed by atoms with Gasteiger partial charge in [0.1, 0.15) is 5.69 Å². The molecular formula is C24H26N4. The summed E-state index contributed by atoms with van der Waals surface area (Å²) in [6.45, 7) is 3.33. The Bertz CT molecular complexity index is 941. The number of hydrogen-bond donors (Lipinski definition) is 2. The maximum absolute atomic E-state index is 4.68. The lowest BCUT2D eigenvalue weighted by atomic mass is 9.87. The lowest BCUT2D eigenvalue weighted by Gasteiger charge is -2.49. The Kier molecular flexibility index (Phi) is 4.40. The molecule has 142 valence electrons. The van der Waals surface area contributed by atoms with Gasteiger partial charge >= 0.3 is 0 Å². The van der Waals surface area contributed by atoms with Crippen LogP contribution in [0.5, 0.6) is 0 Å². The zero-order valence-electron chi connectivity index (χ0n) is 16.2. The van der Waals surface area contributed by atoms with Crippen molar-refractivity contribution in [2.45, 2.75) is 37.9 Å². The fourth-order valence-electron chi connectivity index (χ4n) is 4.67. The van der Waals surface area contributed by atoms with Crippen LogP contribution in [0.1, 0.15) is 43.0 Å². The number of hydrogen-bond acceptors (Lipinski definition) is 4. The van der Waals surface area contributed by atoms with Crippen LogP contribution in [0.4, 0.5) is 17.2 Å². The van der Waals surface area contributed by atoms with E-state index in [1.807, 2.05) is 6.20 Å². The van der Waals surface area contributed by atoms with Crippen LogP contribution in [0.2, 0.25) is 0 Å². The van der Waals surface area contributed by atoms with E-state index in [4.69, 9.17) is 0 Å². The molecule has 0 radical (unpaired) electrons. The Labute approximate surface area is 166 Å². The second-order valence-electron chi connectivity index (χ2n) is 7.77. The molecule has 0 amide bonds. The second kappa shape index (κ2) is 7.19. The first-order valence-corrected chi connectivity index (χ1v) is 10.2. The van der Waals surface area contributed by atoms with Crippen LogP contribution in [-0.2, 0) is 0 Å². The average molecular weight is 371 g/mol. The third-order valence-electron chi connectivity index (χ3n) is 5.97. The van der Waals surface area contributed by atoms with Gasteiger partial charge in [-0.3, -0.25) is 0 Å². The van der Waals surface area contributed by atoms with E-state index in [2.05, 4.69) is 94.2 Å². The number of benzene rings is 2. The molecule has 4 nitrogen and oxygen atoms in total. The minimum atomic E-state index is 0.174. The van der Waals surface area contributed by atoms with Gasteiger partial charge in [-0.1, -0.05) is 60.7 Å². The summed E-state index contributed by atoms with van der Waals surface area (Å²) < 4.78 is 0. The van der Waals surface area contributed by atoms with Crippen molar-refractivity contribution < 1.29 is 0 Å². The highest BCUT2D eigenvalue weighted by Gasteiger charge is 2.40. The highest BCUT2D eigenvalue weighted by atomic mass is 15.3. The van der Waals surface area contributed by atoms with Gasteiger partial charge in [-0.05, 0) is 37.0 Å². The van der Waals surface area contributed by atoms with Gasteiger partial charge in [0.15, 0.2) is 5.82 Å². The van der Waals surface area contributed by atoms with Crippen molar-refractivity contribution >= 4 is 17.2 Å². The summed E-state index contributed by atoms with van der Waals surface area (Å²) in [5.74, 6) is 0.990. The van der Waals surface area contributed by atoms with Crippen molar-refractivity contribution in [2.75, 3.05) is 22.1 Å². The molecule has 4 heteroatoms. The zero-order valence-corrected chi connectivity index (χ0v) is 16.2. The first kappa shape index (κ1) is 17.1. The molecule has 0 unspecified atom stereocenters. The lowest BCUT2D eigenvalue weighted by Crippen LogP contribution is -2.46. The predicted octanol–water partition coefficient (Wildman–Crippen LogP) is 5.39. The second-order valence-corrected chi connectivity index (χ2v) is 7.77. The van der Waals surface area contributed by atoms with E-state index >= 15 is 0 Å². The highest BCUT2D eigenvalue weighted by Crippen LogP contribution is 2.50. The summed E-state index contributed by atoms with van der Waals surface area (Å²) >= 11 is 0. The molecule has 3 heterocycles. The highest BCUT2D eigenvalue weighted by molar-refractivity contribution is 5.84. The number of nitrogens with zero attached hydrogens (tertiary/aromatic N) is 2. The van der Waals surface area contributed by atoms with Crippen LogP contribution in [-0.4, -0.2) is 17.6 Å².